The second-order valence-corrected chi connectivity index (χ2v) is 5.38. The normalized spacial score (nSPS) is 18.2. The zero-order valence-corrected chi connectivity index (χ0v) is 10.2. The highest BCUT2D eigenvalue weighted by molar-refractivity contribution is 5.41. The summed E-state index contributed by atoms with van der Waals surface area (Å²) in [6.07, 6.45) is 0.322. The maximum absolute atomic E-state index is 5.83. The Balaban J connectivity index is 1.84. The van der Waals surface area contributed by atoms with Crippen LogP contribution < -0.4 is 10.5 Å². The molecular weight excluding hydrogens is 200 g/mol. The van der Waals surface area contributed by atoms with Gasteiger partial charge in [0.1, 0.15) is 11.9 Å². The summed E-state index contributed by atoms with van der Waals surface area (Å²) in [5, 5.41) is 0. The van der Waals surface area contributed by atoms with E-state index < -0.39 is 0 Å². The van der Waals surface area contributed by atoms with Gasteiger partial charge in [-0.1, -0.05) is 0 Å². The van der Waals surface area contributed by atoms with Crippen molar-refractivity contribution >= 4 is 5.69 Å². The topological polar surface area (TPSA) is 38.5 Å². The van der Waals surface area contributed by atoms with Gasteiger partial charge in [-0.15, -0.1) is 0 Å². The van der Waals surface area contributed by atoms with Gasteiger partial charge < -0.3 is 10.5 Å². The second-order valence-electron chi connectivity index (χ2n) is 5.38. The van der Waals surface area contributed by atoms with Crippen LogP contribution in [0, 0.1) is 0 Å². The maximum atomic E-state index is 5.83. The molecule has 0 spiro atoms. The highest BCUT2D eigenvalue weighted by Gasteiger charge is 2.35. The summed E-state index contributed by atoms with van der Waals surface area (Å²) in [4.78, 5) is 2.41. The van der Waals surface area contributed by atoms with Crippen molar-refractivity contribution < 1.29 is 4.74 Å². The van der Waals surface area contributed by atoms with Crippen molar-refractivity contribution in [2.24, 2.45) is 0 Å². The molecular formula is C13H20N2O. The number of rotatable bonds is 2. The molecule has 1 aliphatic heterocycles. The number of ether oxygens (including phenoxy) is 1. The van der Waals surface area contributed by atoms with Crippen molar-refractivity contribution in [1.82, 2.24) is 4.90 Å². The molecule has 0 atom stereocenters. The van der Waals surface area contributed by atoms with Crippen LogP contribution in [-0.4, -0.2) is 29.6 Å². The number of anilines is 1. The molecule has 1 saturated heterocycles. The fourth-order valence-electron chi connectivity index (χ4n) is 1.80. The number of nitrogens with two attached hydrogens (primary N) is 1. The third-order valence-electron chi connectivity index (χ3n) is 2.98. The first-order valence-corrected chi connectivity index (χ1v) is 5.72. The minimum Gasteiger partial charge on any atom is -0.488 e. The van der Waals surface area contributed by atoms with Crippen molar-refractivity contribution in [3.63, 3.8) is 0 Å². The van der Waals surface area contributed by atoms with Crippen LogP contribution in [-0.2, 0) is 0 Å². The van der Waals surface area contributed by atoms with Gasteiger partial charge in [0.2, 0.25) is 0 Å². The molecule has 0 unspecified atom stereocenters. The van der Waals surface area contributed by atoms with E-state index in [-0.39, 0.29) is 5.54 Å². The molecule has 3 heteroatoms. The molecule has 0 radical (unpaired) electrons. The lowest BCUT2D eigenvalue weighted by Gasteiger charge is -2.47. The van der Waals surface area contributed by atoms with Crippen LogP contribution in [0.1, 0.15) is 20.8 Å². The van der Waals surface area contributed by atoms with Gasteiger partial charge in [-0.3, -0.25) is 4.90 Å². The van der Waals surface area contributed by atoms with Crippen molar-refractivity contribution in [3.05, 3.63) is 24.3 Å². The average Bonchev–Trinajstić information content (AvgIpc) is 2.11. The van der Waals surface area contributed by atoms with Gasteiger partial charge in [-0.05, 0) is 45.0 Å². The zero-order valence-electron chi connectivity index (χ0n) is 10.2. The van der Waals surface area contributed by atoms with Crippen LogP contribution in [0.25, 0.3) is 0 Å². The van der Waals surface area contributed by atoms with E-state index in [2.05, 4.69) is 25.7 Å². The summed E-state index contributed by atoms with van der Waals surface area (Å²) < 4.78 is 5.83. The van der Waals surface area contributed by atoms with E-state index in [9.17, 15) is 0 Å². The SMILES string of the molecule is CC(C)(C)N1CC(Oc2ccc(N)cc2)C1. The summed E-state index contributed by atoms with van der Waals surface area (Å²) in [6.45, 7) is 8.70. The average molecular weight is 220 g/mol. The first-order chi connectivity index (χ1) is 7.45. The molecule has 1 aromatic carbocycles. The molecule has 2 rings (SSSR count). The van der Waals surface area contributed by atoms with E-state index in [0.717, 1.165) is 24.5 Å². The van der Waals surface area contributed by atoms with Gasteiger partial charge in [0.15, 0.2) is 0 Å². The summed E-state index contributed by atoms with van der Waals surface area (Å²) in [5.41, 5.74) is 6.65. The molecule has 3 nitrogen and oxygen atoms in total. The molecule has 1 aliphatic rings. The van der Waals surface area contributed by atoms with Crippen LogP contribution in [0.3, 0.4) is 0 Å². The van der Waals surface area contributed by atoms with E-state index in [0.29, 0.717) is 6.10 Å². The fraction of sp³-hybridized carbons (Fsp3) is 0.538. The third-order valence-corrected chi connectivity index (χ3v) is 2.98. The van der Waals surface area contributed by atoms with Crippen molar-refractivity contribution in [3.8, 4) is 5.75 Å². The van der Waals surface area contributed by atoms with Crippen molar-refractivity contribution in [1.29, 1.82) is 0 Å². The first-order valence-electron chi connectivity index (χ1n) is 5.72. The lowest BCUT2D eigenvalue weighted by atomic mass is 9.99. The fourth-order valence-corrected chi connectivity index (χ4v) is 1.80. The summed E-state index contributed by atoms with van der Waals surface area (Å²) >= 11 is 0. The molecule has 88 valence electrons. The number of nitrogen functional groups attached to an aromatic ring is 1. The highest BCUT2D eigenvalue weighted by atomic mass is 16.5. The van der Waals surface area contributed by atoms with Crippen LogP contribution in [0.15, 0.2) is 24.3 Å². The quantitative estimate of drug-likeness (QED) is 0.776. The minimum atomic E-state index is 0.251. The standard InChI is InChI=1S/C13H20N2O/c1-13(2,3)15-8-12(9-15)16-11-6-4-10(14)5-7-11/h4-7,12H,8-9,14H2,1-3H3. The number of benzene rings is 1. The monoisotopic (exact) mass is 220 g/mol. The summed E-state index contributed by atoms with van der Waals surface area (Å²) in [5.74, 6) is 0.910. The van der Waals surface area contributed by atoms with Crippen LogP contribution in [0.4, 0.5) is 5.69 Å². The van der Waals surface area contributed by atoms with Crippen molar-refractivity contribution in [2.45, 2.75) is 32.4 Å². The molecule has 1 aromatic rings. The van der Waals surface area contributed by atoms with Crippen LogP contribution in [0.5, 0.6) is 5.75 Å². The van der Waals surface area contributed by atoms with Gasteiger partial charge in [0.25, 0.3) is 0 Å². The largest absolute Gasteiger partial charge is 0.488 e. The summed E-state index contributed by atoms with van der Waals surface area (Å²) in [6, 6.07) is 7.59. The summed E-state index contributed by atoms with van der Waals surface area (Å²) in [7, 11) is 0. The highest BCUT2D eigenvalue weighted by Crippen LogP contribution is 2.24. The Hall–Kier alpha value is -1.22. The Morgan fingerprint density at radius 3 is 2.25 bits per heavy atom. The smallest absolute Gasteiger partial charge is 0.124 e. The van der Waals surface area contributed by atoms with E-state index in [1.54, 1.807) is 0 Å². The van der Waals surface area contributed by atoms with Gasteiger partial charge in [-0.2, -0.15) is 0 Å². The molecule has 16 heavy (non-hydrogen) atoms. The Kier molecular flexibility index (Phi) is 2.80. The van der Waals surface area contributed by atoms with Gasteiger partial charge in [-0.25, -0.2) is 0 Å². The lowest BCUT2D eigenvalue weighted by molar-refractivity contribution is -0.0349. The van der Waals surface area contributed by atoms with E-state index in [1.165, 1.54) is 0 Å². The van der Waals surface area contributed by atoms with Crippen LogP contribution in [0.2, 0.25) is 0 Å². The number of hydrogen-bond donors (Lipinski definition) is 1. The predicted octanol–water partition coefficient (Wildman–Crippen LogP) is 2.13. The predicted molar refractivity (Wildman–Crippen MR) is 66.6 cm³/mol. The van der Waals surface area contributed by atoms with E-state index >= 15 is 0 Å². The number of likely N-dealkylation sites (tertiary alicyclic amines) is 1. The first kappa shape index (κ1) is 11.3. The van der Waals surface area contributed by atoms with Gasteiger partial charge >= 0.3 is 0 Å². The van der Waals surface area contributed by atoms with Crippen molar-refractivity contribution in [2.75, 3.05) is 18.8 Å². The Morgan fingerprint density at radius 1 is 1.19 bits per heavy atom. The number of hydrogen-bond acceptors (Lipinski definition) is 3. The minimum absolute atomic E-state index is 0.251. The molecule has 0 bridgehead atoms. The van der Waals surface area contributed by atoms with Gasteiger partial charge in [0.05, 0.1) is 0 Å². The number of nitrogens with zero attached hydrogens (tertiary/aromatic N) is 1. The molecule has 0 aliphatic carbocycles. The van der Waals surface area contributed by atoms with Gasteiger partial charge in [0, 0.05) is 24.3 Å². The Labute approximate surface area is 97.2 Å². The molecule has 1 heterocycles. The Bertz CT molecular complexity index is 347. The van der Waals surface area contributed by atoms with Crippen LogP contribution >= 0.6 is 0 Å². The maximum Gasteiger partial charge on any atom is 0.124 e. The molecule has 1 fully saturated rings. The van der Waals surface area contributed by atoms with E-state index in [1.807, 2.05) is 24.3 Å². The molecule has 0 saturated carbocycles. The van der Waals surface area contributed by atoms with E-state index in [4.69, 9.17) is 10.5 Å². The second kappa shape index (κ2) is 3.98. The Morgan fingerprint density at radius 2 is 1.75 bits per heavy atom. The molecule has 0 aromatic heterocycles. The lowest BCUT2D eigenvalue weighted by Crippen LogP contribution is -2.60. The molecule has 2 N–H and O–H groups in total. The molecule has 0 amide bonds. The third kappa shape index (κ3) is 2.47. The zero-order chi connectivity index (χ0) is 11.8.